The summed E-state index contributed by atoms with van der Waals surface area (Å²) in [5, 5.41) is 17.5. The summed E-state index contributed by atoms with van der Waals surface area (Å²) >= 11 is 6.35. The van der Waals surface area contributed by atoms with E-state index in [1.165, 1.54) is 16.8 Å². The van der Waals surface area contributed by atoms with E-state index in [4.69, 9.17) is 11.6 Å². The van der Waals surface area contributed by atoms with Crippen LogP contribution in [0.3, 0.4) is 0 Å². The van der Waals surface area contributed by atoms with Gasteiger partial charge in [0.1, 0.15) is 0 Å². The molecule has 28 heavy (non-hydrogen) atoms. The summed E-state index contributed by atoms with van der Waals surface area (Å²) in [6.07, 6.45) is 6.61. The molecule has 154 valence electrons. The Morgan fingerprint density at radius 3 is 2.54 bits per heavy atom. The molecule has 3 N–H and O–H groups in total. The van der Waals surface area contributed by atoms with Crippen LogP contribution in [0.25, 0.3) is 0 Å². The van der Waals surface area contributed by atoms with Gasteiger partial charge in [0.25, 0.3) is 0 Å². The molecular formula is C24H35ClN2O. The molecule has 0 amide bonds. The first-order valence-electron chi connectivity index (χ1n) is 10.2. The van der Waals surface area contributed by atoms with Gasteiger partial charge in [-0.2, -0.15) is 0 Å². The lowest BCUT2D eigenvalue weighted by Gasteiger charge is -2.26. The molecule has 0 saturated carbocycles. The Bertz CT molecular complexity index is 743. The van der Waals surface area contributed by atoms with E-state index < -0.39 is 0 Å². The Morgan fingerprint density at radius 1 is 1.32 bits per heavy atom. The van der Waals surface area contributed by atoms with Crippen LogP contribution in [0.15, 0.2) is 47.9 Å². The van der Waals surface area contributed by atoms with E-state index in [2.05, 4.69) is 69.2 Å². The zero-order chi connectivity index (χ0) is 20.8. The third-order valence-corrected chi connectivity index (χ3v) is 6.22. The number of aryl methyl sites for hydroxylation is 2. The lowest BCUT2D eigenvalue weighted by Crippen LogP contribution is -2.28. The largest absolute Gasteiger partial charge is 0.513 e. The summed E-state index contributed by atoms with van der Waals surface area (Å²) in [7, 11) is 0. The topological polar surface area (TPSA) is 44.3 Å². The van der Waals surface area contributed by atoms with Crippen molar-refractivity contribution in [1.82, 2.24) is 10.6 Å². The fourth-order valence-electron chi connectivity index (χ4n) is 3.54. The number of nitrogens with one attached hydrogen (secondary N) is 2. The Labute approximate surface area is 175 Å². The fourth-order valence-corrected chi connectivity index (χ4v) is 3.64. The standard InChI is InChI=1S/C24H35ClN2O/c1-7-23(20-10-16(3)24(25)17(4)11-20)27-22-9-8-15(2)21(12-22)14-26-13-18(5)19(6)28/h9-12,15,18,23,26-28H,6-8,13-14H2,1-5H3/t15?,18-,23-/m1/s1. The molecule has 0 aliphatic heterocycles. The van der Waals surface area contributed by atoms with Crippen molar-refractivity contribution < 1.29 is 5.11 Å². The van der Waals surface area contributed by atoms with Crippen molar-refractivity contribution >= 4 is 11.6 Å². The summed E-state index contributed by atoms with van der Waals surface area (Å²) in [5.41, 5.74) is 6.11. The molecule has 0 aromatic heterocycles. The first-order chi connectivity index (χ1) is 13.2. The minimum absolute atomic E-state index is 0.0634. The second-order valence-electron chi connectivity index (χ2n) is 8.11. The third-order valence-electron chi connectivity index (χ3n) is 5.62. The van der Waals surface area contributed by atoms with Gasteiger partial charge in [0.2, 0.25) is 0 Å². The monoisotopic (exact) mass is 402 g/mol. The van der Waals surface area contributed by atoms with Crippen molar-refractivity contribution in [3.05, 3.63) is 69.6 Å². The minimum atomic E-state index is 0.0634. The molecule has 1 aliphatic carbocycles. The molecule has 0 bridgehead atoms. The summed E-state index contributed by atoms with van der Waals surface area (Å²) in [5.74, 6) is 0.819. The molecule has 0 radical (unpaired) electrons. The van der Waals surface area contributed by atoms with Crippen LogP contribution in [-0.2, 0) is 0 Å². The van der Waals surface area contributed by atoms with E-state index in [0.717, 1.165) is 42.1 Å². The van der Waals surface area contributed by atoms with Crippen LogP contribution >= 0.6 is 11.6 Å². The van der Waals surface area contributed by atoms with Crippen LogP contribution in [0.4, 0.5) is 0 Å². The minimum Gasteiger partial charge on any atom is -0.513 e. The summed E-state index contributed by atoms with van der Waals surface area (Å²) in [6, 6.07) is 4.65. The van der Waals surface area contributed by atoms with E-state index in [1.54, 1.807) is 0 Å². The van der Waals surface area contributed by atoms with E-state index in [1.807, 2.05) is 6.92 Å². The number of rotatable bonds is 9. The normalized spacial score (nSPS) is 18.9. The zero-order valence-electron chi connectivity index (χ0n) is 17.9. The molecule has 1 aromatic carbocycles. The van der Waals surface area contributed by atoms with Crippen LogP contribution in [-0.4, -0.2) is 18.2 Å². The van der Waals surface area contributed by atoms with Gasteiger partial charge in [-0.05, 0) is 55.4 Å². The van der Waals surface area contributed by atoms with Crippen molar-refractivity contribution in [3.63, 3.8) is 0 Å². The third kappa shape index (κ3) is 5.89. The molecular weight excluding hydrogens is 368 g/mol. The fraction of sp³-hybridized carbons (Fsp3) is 0.500. The quantitative estimate of drug-likeness (QED) is 0.434. The average molecular weight is 403 g/mol. The molecule has 3 atom stereocenters. The van der Waals surface area contributed by atoms with Crippen LogP contribution in [0.1, 0.15) is 56.3 Å². The summed E-state index contributed by atoms with van der Waals surface area (Å²) in [6.45, 7) is 15.7. The van der Waals surface area contributed by atoms with Crippen molar-refractivity contribution in [1.29, 1.82) is 0 Å². The van der Waals surface area contributed by atoms with Crippen LogP contribution in [0, 0.1) is 25.7 Å². The maximum atomic E-state index is 9.47. The lowest BCUT2D eigenvalue weighted by atomic mass is 9.91. The molecule has 1 aliphatic rings. The molecule has 3 nitrogen and oxygen atoms in total. The summed E-state index contributed by atoms with van der Waals surface area (Å²) in [4.78, 5) is 0. The predicted molar refractivity (Wildman–Crippen MR) is 121 cm³/mol. The molecule has 1 aromatic rings. The van der Waals surface area contributed by atoms with E-state index >= 15 is 0 Å². The highest BCUT2D eigenvalue weighted by atomic mass is 35.5. The molecule has 0 fully saturated rings. The Balaban J connectivity index is 2.07. The van der Waals surface area contributed by atoms with E-state index in [-0.39, 0.29) is 17.7 Å². The van der Waals surface area contributed by atoms with Gasteiger partial charge in [0.15, 0.2) is 0 Å². The number of hydrogen-bond donors (Lipinski definition) is 3. The first-order valence-corrected chi connectivity index (χ1v) is 10.6. The molecule has 0 heterocycles. The number of hydrogen-bond acceptors (Lipinski definition) is 3. The van der Waals surface area contributed by atoms with Gasteiger partial charge in [-0.15, -0.1) is 0 Å². The van der Waals surface area contributed by atoms with Gasteiger partial charge in [-0.1, -0.05) is 62.7 Å². The van der Waals surface area contributed by atoms with Crippen LogP contribution in [0.5, 0.6) is 0 Å². The number of aliphatic hydroxyl groups is 1. The summed E-state index contributed by atoms with van der Waals surface area (Å²) < 4.78 is 0. The second kappa shape index (κ2) is 10.2. The van der Waals surface area contributed by atoms with Gasteiger partial charge in [0, 0.05) is 29.7 Å². The maximum Gasteiger partial charge on any atom is 0.0891 e. The molecule has 0 spiro atoms. The number of allylic oxidation sites excluding steroid dienone is 2. The smallest absolute Gasteiger partial charge is 0.0891 e. The highest BCUT2D eigenvalue weighted by molar-refractivity contribution is 6.32. The van der Waals surface area contributed by atoms with Crippen LogP contribution < -0.4 is 10.6 Å². The van der Waals surface area contributed by atoms with Gasteiger partial charge < -0.3 is 15.7 Å². The number of aliphatic hydroxyl groups excluding tert-OH is 1. The average Bonchev–Trinajstić information content (AvgIpc) is 2.65. The maximum absolute atomic E-state index is 9.47. The molecule has 4 heteroatoms. The van der Waals surface area contributed by atoms with Crippen molar-refractivity contribution in [3.8, 4) is 0 Å². The van der Waals surface area contributed by atoms with Crippen molar-refractivity contribution in [2.75, 3.05) is 13.1 Å². The lowest BCUT2D eigenvalue weighted by molar-refractivity contribution is 0.337. The predicted octanol–water partition coefficient (Wildman–Crippen LogP) is 6.15. The van der Waals surface area contributed by atoms with E-state index in [0.29, 0.717) is 5.92 Å². The van der Waals surface area contributed by atoms with E-state index in [9.17, 15) is 5.11 Å². The van der Waals surface area contributed by atoms with Gasteiger partial charge in [0.05, 0.1) is 11.8 Å². The molecule has 2 rings (SSSR count). The number of halogens is 1. The van der Waals surface area contributed by atoms with Crippen molar-refractivity contribution in [2.45, 2.75) is 53.5 Å². The van der Waals surface area contributed by atoms with Gasteiger partial charge in [-0.3, -0.25) is 0 Å². The van der Waals surface area contributed by atoms with Crippen molar-refractivity contribution in [2.24, 2.45) is 11.8 Å². The highest BCUT2D eigenvalue weighted by Crippen LogP contribution is 2.29. The number of benzene rings is 1. The van der Waals surface area contributed by atoms with Gasteiger partial charge >= 0.3 is 0 Å². The van der Waals surface area contributed by atoms with Gasteiger partial charge in [-0.25, -0.2) is 0 Å². The van der Waals surface area contributed by atoms with Crippen LogP contribution in [0.2, 0.25) is 5.02 Å². The molecule has 1 unspecified atom stereocenters. The SMILES string of the molecule is C=C(O)[C@H](C)CNCC1=CC(N[C@H](CC)c2cc(C)c(Cl)c(C)c2)=CCC1C. The highest BCUT2D eigenvalue weighted by Gasteiger charge is 2.17. The Hall–Kier alpha value is -1.71. The first kappa shape index (κ1) is 22.6. The Kier molecular flexibility index (Phi) is 8.21. The second-order valence-corrected chi connectivity index (χ2v) is 8.49. The molecule has 0 saturated heterocycles. The zero-order valence-corrected chi connectivity index (χ0v) is 18.7. The Morgan fingerprint density at radius 2 is 1.96 bits per heavy atom.